The molecule has 2 saturated heterocycles. The van der Waals surface area contributed by atoms with Crippen LogP contribution in [-0.4, -0.2) is 37.2 Å². The molecule has 2 N–H and O–H groups in total. The van der Waals surface area contributed by atoms with Crippen LogP contribution in [0.5, 0.6) is 0 Å². The van der Waals surface area contributed by atoms with Gasteiger partial charge in [-0.05, 0) is 32.1 Å². The predicted molar refractivity (Wildman–Crippen MR) is 69.4 cm³/mol. The second kappa shape index (κ2) is 6.13. The summed E-state index contributed by atoms with van der Waals surface area (Å²) in [5, 5.41) is 0. The van der Waals surface area contributed by atoms with Crippen molar-refractivity contribution in [2.75, 3.05) is 19.8 Å². The van der Waals surface area contributed by atoms with Crippen molar-refractivity contribution in [3.8, 4) is 0 Å². The van der Waals surface area contributed by atoms with Gasteiger partial charge in [-0.15, -0.1) is 0 Å². The first-order chi connectivity index (χ1) is 8.67. The highest BCUT2D eigenvalue weighted by atomic mass is 16.5. The molecule has 1 spiro atoms. The Morgan fingerprint density at radius 1 is 1.39 bits per heavy atom. The molecule has 4 heteroatoms. The molecule has 2 aliphatic rings. The van der Waals surface area contributed by atoms with Crippen molar-refractivity contribution < 1.29 is 14.3 Å². The summed E-state index contributed by atoms with van der Waals surface area (Å²) < 4.78 is 11.3. The predicted octanol–water partition coefficient (Wildman–Crippen LogP) is 1.66. The Bertz CT molecular complexity index is 281. The standard InChI is InChI=1S/C14H25NO3/c1-2-3-12(15)13(16)11-4-7-18-14(10-11)5-8-17-9-6-14/h11-12H,2-10,15H2,1H3. The van der Waals surface area contributed by atoms with Gasteiger partial charge in [-0.3, -0.25) is 4.79 Å². The number of ether oxygens (including phenoxy) is 2. The van der Waals surface area contributed by atoms with Gasteiger partial charge in [-0.2, -0.15) is 0 Å². The van der Waals surface area contributed by atoms with Crippen LogP contribution in [0, 0.1) is 5.92 Å². The summed E-state index contributed by atoms with van der Waals surface area (Å²) in [4.78, 5) is 12.3. The molecule has 2 rings (SSSR count). The van der Waals surface area contributed by atoms with Crippen molar-refractivity contribution in [1.82, 2.24) is 0 Å². The number of hydrogen-bond donors (Lipinski definition) is 1. The molecule has 0 aromatic heterocycles. The molecule has 0 saturated carbocycles. The molecule has 0 bridgehead atoms. The molecule has 18 heavy (non-hydrogen) atoms. The Hall–Kier alpha value is -0.450. The first-order valence-electron chi connectivity index (χ1n) is 7.18. The Kier molecular flexibility index (Phi) is 4.76. The molecule has 0 aliphatic carbocycles. The van der Waals surface area contributed by atoms with E-state index >= 15 is 0 Å². The highest BCUT2D eigenvalue weighted by Crippen LogP contribution is 2.37. The van der Waals surface area contributed by atoms with Gasteiger partial charge in [0.15, 0.2) is 5.78 Å². The Morgan fingerprint density at radius 2 is 2.11 bits per heavy atom. The molecule has 2 aliphatic heterocycles. The lowest BCUT2D eigenvalue weighted by Crippen LogP contribution is -2.48. The van der Waals surface area contributed by atoms with E-state index in [1.165, 1.54) is 0 Å². The second-order valence-electron chi connectivity index (χ2n) is 5.63. The van der Waals surface area contributed by atoms with E-state index in [9.17, 15) is 4.79 Å². The number of ketones is 1. The van der Waals surface area contributed by atoms with Crippen molar-refractivity contribution in [3.63, 3.8) is 0 Å². The molecule has 0 aromatic rings. The first kappa shape index (κ1) is 14.0. The number of rotatable bonds is 4. The zero-order valence-corrected chi connectivity index (χ0v) is 11.3. The summed E-state index contributed by atoms with van der Waals surface area (Å²) >= 11 is 0. The minimum Gasteiger partial charge on any atom is -0.381 e. The maximum absolute atomic E-state index is 12.3. The van der Waals surface area contributed by atoms with E-state index in [0.717, 1.165) is 51.7 Å². The van der Waals surface area contributed by atoms with Gasteiger partial charge in [0.1, 0.15) is 0 Å². The Morgan fingerprint density at radius 3 is 2.78 bits per heavy atom. The monoisotopic (exact) mass is 255 g/mol. The summed E-state index contributed by atoms with van der Waals surface area (Å²) in [5.41, 5.74) is 5.85. The van der Waals surface area contributed by atoms with Crippen molar-refractivity contribution in [3.05, 3.63) is 0 Å². The van der Waals surface area contributed by atoms with Crippen molar-refractivity contribution in [1.29, 1.82) is 0 Å². The van der Waals surface area contributed by atoms with Crippen LogP contribution in [0.2, 0.25) is 0 Å². The van der Waals surface area contributed by atoms with Crippen LogP contribution in [0.4, 0.5) is 0 Å². The number of nitrogens with two attached hydrogens (primary N) is 1. The van der Waals surface area contributed by atoms with Crippen LogP contribution in [0.25, 0.3) is 0 Å². The maximum atomic E-state index is 12.3. The number of carbonyl (C=O) groups is 1. The highest BCUT2D eigenvalue weighted by Gasteiger charge is 2.41. The molecule has 2 unspecified atom stereocenters. The topological polar surface area (TPSA) is 61.6 Å². The molecule has 0 radical (unpaired) electrons. The fourth-order valence-corrected chi connectivity index (χ4v) is 3.12. The zero-order chi connectivity index (χ0) is 13.0. The van der Waals surface area contributed by atoms with E-state index in [4.69, 9.17) is 15.2 Å². The maximum Gasteiger partial charge on any atom is 0.152 e. The van der Waals surface area contributed by atoms with Crippen molar-refractivity contribution >= 4 is 5.78 Å². The van der Waals surface area contributed by atoms with Crippen LogP contribution in [0.3, 0.4) is 0 Å². The van der Waals surface area contributed by atoms with Gasteiger partial charge in [0, 0.05) is 25.7 Å². The van der Waals surface area contributed by atoms with Gasteiger partial charge < -0.3 is 15.2 Å². The average Bonchev–Trinajstić information content (AvgIpc) is 2.39. The molecular formula is C14H25NO3. The summed E-state index contributed by atoms with van der Waals surface area (Å²) in [6, 6.07) is -0.282. The summed E-state index contributed by atoms with van der Waals surface area (Å²) in [6.45, 7) is 4.26. The third kappa shape index (κ3) is 3.11. The Balaban J connectivity index is 1.95. The van der Waals surface area contributed by atoms with Crippen LogP contribution < -0.4 is 5.73 Å². The van der Waals surface area contributed by atoms with Gasteiger partial charge in [-0.25, -0.2) is 0 Å². The zero-order valence-electron chi connectivity index (χ0n) is 11.3. The lowest BCUT2D eigenvalue weighted by Gasteiger charge is -2.43. The molecular weight excluding hydrogens is 230 g/mol. The van der Waals surface area contributed by atoms with Crippen molar-refractivity contribution in [2.45, 2.75) is 57.1 Å². The molecule has 2 heterocycles. The smallest absolute Gasteiger partial charge is 0.152 e. The van der Waals surface area contributed by atoms with Gasteiger partial charge >= 0.3 is 0 Å². The van der Waals surface area contributed by atoms with E-state index in [0.29, 0.717) is 6.61 Å². The highest BCUT2D eigenvalue weighted by molar-refractivity contribution is 5.86. The number of Topliss-reactive ketones (excluding diaryl/α,β-unsaturated/α-hetero) is 1. The van der Waals surface area contributed by atoms with Crippen LogP contribution >= 0.6 is 0 Å². The fourth-order valence-electron chi connectivity index (χ4n) is 3.12. The normalized spacial score (nSPS) is 29.1. The van der Waals surface area contributed by atoms with E-state index in [-0.39, 0.29) is 23.3 Å². The van der Waals surface area contributed by atoms with Crippen LogP contribution in [0.15, 0.2) is 0 Å². The minimum atomic E-state index is -0.282. The minimum absolute atomic E-state index is 0.0957. The molecule has 2 fully saturated rings. The molecule has 0 amide bonds. The average molecular weight is 255 g/mol. The molecule has 0 aromatic carbocycles. The van der Waals surface area contributed by atoms with Crippen molar-refractivity contribution in [2.24, 2.45) is 11.7 Å². The third-order valence-electron chi connectivity index (χ3n) is 4.26. The van der Waals surface area contributed by atoms with E-state index in [2.05, 4.69) is 6.92 Å². The lowest BCUT2D eigenvalue weighted by atomic mass is 9.77. The largest absolute Gasteiger partial charge is 0.381 e. The quantitative estimate of drug-likeness (QED) is 0.830. The first-order valence-corrected chi connectivity index (χ1v) is 7.18. The van der Waals surface area contributed by atoms with Gasteiger partial charge in [0.2, 0.25) is 0 Å². The molecule has 4 nitrogen and oxygen atoms in total. The third-order valence-corrected chi connectivity index (χ3v) is 4.26. The number of hydrogen-bond acceptors (Lipinski definition) is 4. The van der Waals surface area contributed by atoms with Gasteiger partial charge in [0.25, 0.3) is 0 Å². The second-order valence-corrected chi connectivity index (χ2v) is 5.63. The summed E-state index contributed by atoms with van der Waals surface area (Å²) in [6.07, 6.45) is 5.27. The summed E-state index contributed by atoms with van der Waals surface area (Å²) in [7, 11) is 0. The number of carbonyl (C=O) groups excluding carboxylic acids is 1. The van der Waals surface area contributed by atoms with Gasteiger partial charge in [0.05, 0.1) is 11.6 Å². The van der Waals surface area contributed by atoms with Gasteiger partial charge in [-0.1, -0.05) is 13.3 Å². The Labute approximate surface area is 109 Å². The van der Waals surface area contributed by atoms with Crippen LogP contribution in [-0.2, 0) is 14.3 Å². The fraction of sp³-hybridized carbons (Fsp3) is 0.929. The van der Waals surface area contributed by atoms with E-state index in [1.54, 1.807) is 0 Å². The summed E-state index contributed by atoms with van der Waals surface area (Å²) in [5.74, 6) is 0.337. The van der Waals surface area contributed by atoms with E-state index in [1.807, 2.05) is 0 Å². The van der Waals surface area contributed by atoms with E-state index < -0.39 is 0 Å². The lowest BCUT2D eigenvalue weighted by molar-refractivity contribution is -0.157. The molecule has 2 atom stereocenters. The van der Waals surface area contributed by atoms with Crippen LogP contribution in [0.1, 0.15) is 45.4 Å². The molecule has 104 valence electrons. The SMILES string of the molecule is CCCC(N)C(=O)C1CCOC2(CCOCC2)C1.